The highest BCUT2D eigenvalue weighted by molar-refractivity contribution is 5.96. The Balaban J connectivity index is 2.01. The van der Waals surface area contributed by atoms with Crippen molar-refractivity contribution >= 4 is 23.3 Å². The molecule has 0 heterocycles. The summed E-state index contributed by atoms with van der Waals surface area (Å²) in [5, 5.41) is 13.2. The van der Waals surface area contributed by atoms with Crippen LogP contribution in [0.25, 0.3) is 0 Å². The Labute approximate surface area is 140 Å². The van der Waals surface area contributed by atoms with Gasteiger partial charge in [-0.05, 0) is 30.7 Å². The van der Waals surface area contributed by atoms with Gasteiger partial charge in [0.15, 0.2) is 6.61 Å². The van der Waals surface area contributed by atoms with Crippen molar-refractivity contribution in [1.82, 2.24) is 0 Å². The third-order valence-electron chi connectivity index (χ3n) is 3.06. The number of carbonyl (C=O) groups excluding carboxylic acids is 2. The lowest BCUT2D eigenvalue weighted by atomic mass is 10.2. The number of ether oxygens (including phenoxy) is 1. The number of aryl methyl sites for hydroxylation is 1. The highest BCUT2D eigenvalue weighted by Crippen LogP contribution is 2.25. The third kappa shape index (κ3) is 4.80. The van der Waals surface area contributed by atoms with Gasteiger partial charge in [-0.3, -0.25) is 14.9 Å². The van der Waals surface area contributed by atoms with Gasteiger partial charge in [-0.15, -0.1) is 0 Å². The molecule has 0 bridgehead atoms. The van der Waals surface area contributed by atoms with Gasteiger partial charge in [0, 0.05) is 12.1 Å². The standard InChI is InChI=1S/C16H12F2N2O5/c1-9-2-3-13(14(4-9)20(23)24)19-15(21)8-25-16(22)10-5-11(17)7-12(18)6-10/h2-7H,8H2,1H3,(H,19,21). The summed E-state index contributed by atoms with van der Waals surface area (Å²) in [4.78, 5) is 33.8. The van der Waals surface area contributed by atoms with Gasteiger partial charge >= 0.3 is 5.97 Å². The van der Waals surface area contributed by atoms with Crippen LogP contribution in [0.5, 0.6) is 0 Å². The molecule has 0 saturated heterocycles. The number of amides is 1. The van der Waals surface area contributed by atoms with Crippen LogP contribution in [-0.4, -0.2) is 23.4 Å². The molecular weight excluding hydrogens is 338 g/mol. The number of nitrogens with one attached hydrogen (secondary N) is 1. The normalized spacial score (nSPS) is 10.2. The molecule has 0 spiro atoms. The van der Waals surface area contributed by atoms with Gasteiger partial charge in [-0.2, -0.15) is 0 Å². The number of carbonyl (C=O) groups is 2. The van der Waals surface area contributed by atoms with E-state index in [1.54, 1.807) is 13.0 Å². The number of halogens is 2. The van der Waals surface area contributed by atoms with Crippen molar-refractivity contribution in [3.8, 4) is 0 Å². The monoisotopic (exact) mass is 350 g/mol. The molecule has 0 radical (unpaired) electrons. The third-order valence-corrected chi connectivity index (χ3v) is 3.06. The van der Waals surface area contributed by atoms with E-state index in [1.807, 2.05) is 0 Å². The first-order chi connectivity index (χ1) is 11.8. The number of rotatable bonds is 5. The molecule has 9 heteroatoms. The molecule has 1 N–H and O–H groups in total. The van der Waals surface area contributed by atoms with Gasteiger partial charge in [-0.1, -0.05) is 6.07 Å². The van der Waals surface area contributed by atoms with Crippen LogP contribution in [0.4, 0.5) is 20.2 Å². The van der Waals surface area contributed by atoms with E-state index in [2.05, 4.69) is 10.1 Å². The molecule has 0 saturated carbocycles. The first-order valence-electron chi connectivity index (χ1n) is 6.94. The number of hydrogen-bond donors (Lipinski definition) is 1. The number of nitro groups is 1. The summed E-state index contributed by atoms with van der Waals surface area (Å²) in [5.74, 6) is -3.87. The fourth-order valence-electron chi connectivity index (χ4n) is 1.97. The lowest BCUT2D eigenvalue weighted by Crippen LogP contribution is -2.21. The summed E-state index contributed by atoms with van der Waals surface area (Å²) in [7, 11) is 0. The molecule has 2 rings (SSSR count). The van der Waals surface area contributed by atoms with Crippen molar-refractivity contribution in [3.63, 3.8) is 0 Å². The Morgan fingerprint density at radius 1 is 1.16 bits per heavy atom. The molecule has 25 heavy (non-hydrogen) atoms. The maximum absolute atomic E-state index is 13.0. The molecule has 0 aliphatic carbocycles. The number of nitro benzene ring substituents is 1. The lowest BCUT2D eigenvalue weighted by Gasteiger charge is -2.08. The van der Waals surface area contributed by atoms with E-state index in [0.717, 1.165) is 12.1 Å². The van der Waals surface area contributed by atoms with Crippen LogP contribution >= 0.6 is 0 Å². The van der Waals surface area contributed by atoms with Crippen LogP contribution in [0.3, 0.4) is 0 Å². The predicted molar refractivity (Wildman–Crippen MR) is 83.1 cm³/mol. The summed E-state index contributed by atoms with van der Waals surface area (Å²) in [5.41, 5.74) is -0.142. The van der Waals surface area contributed by atoms with Crippen LogP contribution in [0, 0.1) is 28.7 Å². The molecule has 0 unspecified atom stereocenters. The summed E-state index contributed by atoms with van der Waals surface area (Å²) < 4.78 is 30.7. The van der Waals surface area contributed by atoms with Gasteiger partial charge < -0.3 is 10.1 Å². The fraction of sp³-hybridized carbons (Fsp3) is 0.125. The zero-order chi connectivity index (χ0) is 18.6. The van der Waals surface area contributed by atoms with E-state index in [9.17, 15) is 28.5 Å². The number of anilines is 1. The summed E-state index contributed by atoms with van der Waals surface area (Å²) in [6.45, 7) is 0.875. The van der Waals surface area contributed by atoms with E-state index in [1.165, 1.54) is 12.1 Å². The van der Waals surface area contributed by atoms with Crippen LogP contribution in [-0.2, 0) is 9.53 Å². The Morgan fingerprint density at radius 3 is 2.40 bits per heavy atom. The highest BCUT2D eigenvalue weighted by atomic mass is 19.1. The molecule has 0 aromatic heterocycles. The lowest BCUT2D eigenvalue weighted by molar-refractivity contribution is -0.384. The summed E-state index contributed by atoms with van der Waals surface area (Å²) in [6, 6.07) is 6.28. The van der Waals surface area contributed by atoms with Crippen molar-refractivity contribution < 1.29 is 28.0 Å². The topological polar surface area (TPSA) is 98.5 Å². The molecule has 130 valence electrons. The largest absolute Gasteiger partial charge is 0.452 e. The van der Waals surface area contributed by atoms with Crippen molar-refractivity contribution in [2.45, 2.75) is 6.92 Å². The van der Waals surface area contributed by atoms with E-state index in [-0.39, 0.29) is 11.4 Å². The summed E-state index contributed by atoms with van der Waals surface area (Å²) >= 11 is 0. The molecule has 0 atom stereocenters. The Morgan fingerprint density at radius 2 is 1.80 bits per heavy atom. The minimum Gasteiger partial charge on any atom is -0.452 e. The number of nitrogens with zero attached hydrogens (tertiary/aromatic N) is 1. The first-order valence-corrected chi connectivity index (χ1v) is 6.94. The number of benzene rings is 2. The molecule has 0 fully saturated rings. The Hall–Kier alpha value is -3.36. The van der Waals surface area contributed by atoms with E-state index < -0.39 is 40.6 Å². The van der Waals surface area contributed by atoms with Gasteiger partial charge in [0.05, 0.1) is 10.5 Å². The molecule has 0 aliphatic rings. The zero-order valence-electron chi connectivity index (χ0n) is 12.9. The first kappa shape index (κ1) is 18.0. The maximum atomic E-state index is 13.0. The Bertz CT molecular complexity index is 834. The van der Waals surface area contributed by atoms with E-state index in [4.69, 9.17) is 0 Å². The average molecular weight is 350 g/mol. The highest BCUT2D eigenvalue weighted by Gasteiger charge is 2.17. The van der Waals surface area contributed by atoms with Crippen molar-refractivity contribution in [3.05, 3.63) is 69.3 Å². The molecular formula is C16H12F2N2O5. The average Bonchev–Trinajstić information content (AvgIpc) is 2.53. The molecule has 2 aromatic rings. The zero-order valence-corrected chi connectivity index (χ0v) is 12.9. The van der Waals surface area contributed by atoms with Crippen LogP contribution in [0.15, 0.2) is 36.4 Å². The predicted octanol–water partition coefficient (Wildman–Crippen LogP) is 2.98. The fourth-order valence-corrected chi connectivity index (χ4v) is 1.97. The van der Waals surface area contributed by atoms with Gasteiger partial charge in [0.25, 0.3) is 11.6 Å². The second-order valence-corrected chi connectivity index (χ2v) is 5.06. The summed E-state index contributed by atoms with van der Waals surface area (Å²) in [6.07, 6.45) is 0. The molecule has 0 aliphatic heterocycles. The van der Waals surface area contributed by atoms with Gasteiger partial charge in [-0.25, -0.2) is 13.6 Å². The second kappa shape index (κ2) is 7.47. The maximum Gasteiger partial charge on any atom is 0.338 e. The number of esters is 1. The molecule has 1 amide bonds. The van der Waals surface area contributed by atoms with Crippen molar-refractivity contribution in [2.24, 2.45) is 0 Å². The van der Waals surface area contributed by atoms with Crippen LogP contribution in [0.1, 0.15) is 15.9 Å². The number of hydrogen-bond acceptors (Lipinski definition) is 5. The second-order valence-electron chi connectivity index (χ2n) is 5.06. The minimum atomic E-state index is -1.10. The van der Waals surface area contributed by atoms with Crippen molar-refractivity contribution in [2.75, 3.05) is 11.9 Å². The Kier molecular flexibility index (Phi) is 5.38. The van der Waals surface area contributed by atoms with Crippen LogP contribution < -0.4 is 5.32 Å². The minimum absolute atomic E-state index is 0.0616. The molecule has 7 nitrogen and oxygen atoms in total. The smallest absolute Gasteiger partial charge is 0.338 e. The van der Waals surface area contributed by atoms with E-state index >= 15 is 0 Å². The SMILES string of the molecule is Cc1ccc(NC(=O)COC(=O)c2cc(F)cc(F)c2)c([N+](=O)[O-])c1. The van der Waals surface area contributed by atoms with Crippen LogP contribution in [0.2, 0.25) is 0 Å². The van der Waals surface area contributed by atoms with Gasteiger partial charge in [0.1, 0.15) is 17.3 Å². The van der Waals surface area contributed by atoms with Gasteiger partial charge in [0.2, 0.25) is 0 Å². The molecule has 2 aromatic carbocycles. The van der Waals surface area contributed by atoms with Crippen molar-refractivity contribution in [1.29, 1.82) is 0 Å². The van der Waals surface area contributed by atoms with E-state index in [0.29, 0.717) is 11.6 Å². The quantitative estimate of drug-likeness (QED) is 0.508.